The van der Waals surface area contributed by atoms with Crippen molar-refractivity contribution in [2.75, 3.05) is 7.11 Å². The topological polar surface area (TPSA) is 35.5 Å². The molecule has 1 saturated carbocycles. The normalized spacial score (nSPS) is 30.7. The first-order valence-electron chi connectivity index (χ1n) is 5.66. The first-order chi connectivity index (χ1) is 8.12. The average molecular weight is 297 g/mol. The number of hydrogen-bond acceptors (Lipinski definition) is 3. The van der Waals surface area contributed by atoms with E-state index in [1.165, 1.54) is 0 Å². The van der Waals surface area contributed by atoms with E-state index >= 15 is 0 Å². The molecule has 4 heteroatoms. The summed E-state index contributed by atoms with van der Waals surface area (Å²) in [5, 5.41) is 0. The molecule has 1 aromatic carbocycles. The molecular formula is C13H13BrO3. The van der Waals surface area contributed by atoms with E-state index in [2.05, 4.69) is 15.9 Å². The number of methoxy groups -OCH3 is 1. The van der Waals surface area contributed by atoms with E-state index in [9.17, 15) is 4.79 Å². The number of hydrogen-bond donors (Lipinski definition) is 0. The molecule has 17 heavy (non-hydrogen) atoms. The zero-order valence-electron chi connectivity index (χ0n) is 9.53. The van der Waals surface area contributed by atoms with Crippen LogP contribution in [0.3, 0.4) is 0 Å². The van der Waals surface area contributed by atoms with E-state index in [4.69, 9.17) is 9.47 Å². The number of ether oxygens (including phenoxy) is 2. The van der Waals surface area contributed by atoms with Gasteiger partial charge in [-0.15, -0.1) is 0 Å². The Bertz CT molecular complexity index is 478. The van der Waals surface area contributed by atoms with Crippen molar-refractivity contribution in [2.24, 2.45) is 0 Å². The Morgan fingerprint density at radius 2 is 2.24 bits per heavy atom. The lowest BCUT2D eigenvalue weighted by Crippen LogP contribution is -2.55. The van der Waals surface area contributed by atoms with Gasteiger partial charge in [-0.05, 0) is 18.2 Å². The second kappa shape index (κ2) is 3.82. The number of ketones is 1. The molecule has 0 bridgehead atoms. The molecule has 1 aromatic rings. The molecule has 1 aliphatic heterocycles. The van der Waals surface area contributed by atoms with Crippen molar-refractivity contribution < 1.29 is 14.3 Å². The largest absolute Gasteiger partial charge is 0.486 e. The van der Waals surface area contributed by atoms with Crippen LogP contribution in [0.4, 0.5) is 0 Å². The van der Waals surface area contributed by atoms with Crippen LogP contribution in [0.2, 0.25) is 0 Å². The van der Waals surface area contributed by atoms with E-state index in [1.807, 2.05) is 18.2 Å². The molecule has 0 amide bonds. The van der Waals surface area contributed by atoms with Gasteiger partial charge in [0.2, 0.25) is 0 Å². The number of carbonyl (C=O) groups excluding carboxylic acids is 1. The molecule has 0 unspecified atom stereocenters. The van der Waals surface area contributed by atoms with Gasteiger partial charge < -0.3 is 9.47 Å². The summed E-state index contributed by atoms with van der Waals surface area (Å²) in [4.78, 5) is 12.1. The van der Waals surface area contributed by atoms with Crippen LogP contribution in [0.1, 0.15) is 29.6 Å². The summed E-state index contributed by atoms with van der Waals surface area (Å²) in [7, 11) is 1.70. The van der Waals surface area contributed by atoms with Gasteiger partial charge in [0.05, 0.1) is 18.1 Å². The monoisotopic (exact) mass is 296 g/mol. The highest BCUT2D eigenvalue weighted by atomic mass is 79.9. The Labute approximate surface area is 108 Å². The third-order valence-electron chi connectivity index (χ3n) is 3.58. The summed E-state index contributed by atoms with van der Waals surface area (Å²) in [6, 6.07) is 5.59. The fraction of sp³-hybridized carbons (Fsp3) is 0.462. The molecule has 1 fully saturated rings. The number of benzene rings is 1. The van der Waals surface area contributed by atoms with Gasteiger partial charge in [-0.25, -0.2) is 0 Å². The standard InChI is InChI=1S/C13H13BrO3/c1-16-9-5-13(6-9)7-11(15)10-4-8(14)2-3-12(10)17-13/h2-4,9H,5-7H2,1H3. The van der Waals surface area contributed by atoms with E-state index in [0.29, 0.717) is 17.7 Å². The van der Waals surface area contributed by atoms with Gasteiger partial charge in [0.15, 0.2) is 5.78 Å². The Balaban J connectivity index is 1.89. The Hall–Kier alpha value is -0.870. The van der Waals surface area contributed by atoms with Crippen LogP contribution in [0.25, 0.3) is 0 Å². The molecule has 1 spiro atoms. The van der Waals surface area contributed by atoms with Crippen molar-refractivity contribution in [1.29, 1.82) is 0 Å². The van der Waals surface area contributed by atoms with Crippen LogP contribution in [0, 0.1) is 0 Å². The van der Waals surface area contributed by atoms with Crippen LogP contribution in [0.5, 0.6) is 5.75 Å². The summed E-state index contributed by atoms with van der Waals surface area (Å²) in [6.07, 6.45) is 2.33. The lowest BCUT2D eigenvalue weighted by Gasteiger charge is -2.48. The number of fused-ring (bicyclic) bond motifs is 1. The van der Waals surface area contributed by atoms with Gasteiger partial charge in [0.25, 0.3) is 0 Å². The van der Waals surface area contributed by atoms with Crippen LogP contribution >= 0.6 is 15.9 Å². The minimum atomic E-state index is -0.307. The summed E-state index contributed by atoms with van der Waals surface area (Å²) in [5.41, 5.74) is 0.379. The lowest BCUT2D eigenvalue weighted by atomic mass is 9.72. The van der Waals surface area contributed by atoms with Crippen molar-refractivity contribution in [2.45, 2.75) is 31.0 Å². The molecular weight excluding hydrogens is 284 g/mol. The first-order valence-corrected chi connectivity index (χ1v) is 6.46. The molecule has 1 heterocycles. The highest BCUT2D eigenvalue weighted by Crippen LogP contribution is 2.46. The Kier molecular flexibility index (Phi) is 2.52. The zero-order chi connectivity index (χ0) is 12.0. The second-order valence-electron chi connectivity index (χ2n) is 4.79. The zero-order valence-corrected chi connectivity index (χ0v) is 11.1. The number of rotatable bonds is 1. The van der Waals surface area contributed by atoms with Gasteiger partial charge in [0, 0.05) is 24.4 Å². The highest BCUT2D eigenvalue weighted by Gasteiger charge is 2.51. The SMILES string of the molecule is COC1CC2(CC(=O)c3cc(Br)ccc3O2)C1. The second-order valence-corrected chi connectivity index (χ2v) is 5.71. The van der Waals surface area contributed by atoms with Crippen LogP contribution in [0.15, 0.2) is 22.7 Å². The smallest absolute Gasteiger partial charge is 0.170 e. The van der Waals surface area contributed by atoms with Crippen LogP contribution in [-0.2, 0) is 4.74 Å². The molecule has 3 rings (SSSR count). The van der Waals surface area contributed by atoms with Gasteiger partial charge >= 0.3 is 0 Å². The van der Waals surface area contributed by atoms with Crippen molar-refractivity contribution >= 4 is 21.7 Å². The summed E-state index contributed by atoms with van der Waals surface area (Å²) in [5.74, 6) is 0.876. The summed E-state index contributed by atoms with van der Waals surface area (Å²) >= 11 is 3.37. The number of Topliss-reactive ketones (excluding diaryl/α,β-unsaturated/α-hetero) is 1. The van der Waals surface area contributed by atoms with Crippen molar-refractivity contribution in [3.8, 4) is 5.75 Å². The van der Waals surface area contributed by atoms with Gasteiger partial charge in [-0.3, -0.25) is 4.79 Å². The molecule has 0 N–H and O–H groups in total. The van der Waals surface area contributed by atoms with Crippen molar-refractivity contribution in [3.63, 3.8) is 0 Å². The van der Waals surface area contributed by atoms with Crippen molar-refractivity contribution in [3.05, 3.63) is 28.2 Å². The van der Waals surface area contributed by atoms with Crippen molar-refractivity contribution in [1.82, 2.24) is 0 Å². The molecule has 0 saturated heterocycles. The van der Waals surface area contributed by atoms with Crippen LogP contribution < -0.4 is 4.74 Å². The lowest BCUT2D eigenvalue weighted by molar-refractivity contribution is -0.112. The maximum absolute atomic E-state index is 12.1. The molecule has 1 aliphatic carbocycles. The quantitative estimate of drug-likeness (QED) is 0.799. The van der Waals surface area contributed by atoms with E-state index < -0.39 is 0 Å². The third kappa shape index (κ3) is 1.79. The molecule has 0 atom stereocenters. The highest BCUT2D eigenvalue weighted by molar-refractivity contribution is 9.10. The number of carbonyl (C=O) groups is 1. The fourth-order valence-electron chi connectivity index (χ4n) is 2.63. The Morgan fingerprint density at radius 3 is 2.94 bits per heavy atom. The average Bonchev–Trinajstić information content (AvgIpc) is 2.26. The molecule has 0 radical (unpaired) electrons. The molecule has 2 aliphatic rings. The number of halogens is 1. The van der Waals surface area contributed by atoms with Crippen LogP contribution in [-0.4, -0.2) is 24.6 Å². The van der Waals surface area contributed by atoms with Gasteiger partial charge in [-0.1, -0.05) is 15.9 Å². The van der Waals surface area contributed by atoms with Gasteiger partial charge in [-0.2, -0.15) is 0 Å². The summed E-state index contributed by atoms with van der Waals surface area (Å²) < 4.78 is 12.2. The van der Waals surface area contributed by atoms with Gasteiger partial charge in [0.1, 0.15) is 11.4 Å². The predicted molar refractivity (Wildman–Crippen MR) is 66.5 cm³/mol. The van der Waals surface area contributed by atoms with E-state index in [0.717, 1.165) is 17.3 Å². The maximum Gasteiger partial charge on any atom is 0.170 e. The third-order valence-corrected chi connectivity index (χ3v) is 4.08. The molecule has 0 aromatic heterocycles. The molecule has 90 valence electrons. The predicted octanol–water partition coefficient (Wildman–Crippen LogP) is 2.96. The minimum absolute atomic E-state index is 0.169. The summed E-state index contributed by atoms with van der Waals surface area (Å²) in [6.45, 7) is 0. The molecule has 3 nitrogen and oxygen atoms in total. The minimum Gasteiger partial charge on any atom is -0.486 e. The first kappa shape index (κ1) is 11.2. The fourth-order valence-corrected chi connectivity index (χ4v) is 2.99. The van der Waals surface area contributed by atoms with E-state index in [1.54, 1.807) is 7.11 Å². The Morgan fingerprint density at radius 1 is 1.47 bits per heavy atom. The van der Waals surface area contributed by atoms with E-state index in [-0.39, 0.29) is 17.5 Å². The maximum atomic E-state index is 12.1.